The van der Waals surface area contributed by atoms with Crippen LogP contribution in [0.15, 0.2) is 30.3 Å². The van der Waals surface area contributed by atoms with E-state index >= 15 is 0 Å². The predicted molar refractivity (Wildman–Crippen MR) is 142 cm³/mol. The maximum atomic E-state index is 7.50. The third kappa shape index (κ3) is 4.73. The van der Waals surface area contributed by atoms with Crippen molar-refractivity contribution in [3.8, 4) is 0 Å². The van der Waals surface area contributed by atoms with Gasteiger partial charge in [-0.3, -0.25) is 0 Å². The molecule has 181 valence electrons. The minimum Gasteiger partial charge on any atom is 0 e. The Bertz CT molecular complexity index is 824. The summed E-state index contributed by atoms with van der Waals surface area (Å²) >= 11 is 2.47. The number of hydrogen-bond acceptors (Lipinski definition) is 1. The van der Waals surface area contributed by atoms with E-state index in [0.29, 0.717) is 29.3 Å². The molecule has 3 aliphatic heterocycles. The number of thioether (sulfide) groups is 1. The molecule has 0 bridgehead atoms. The summed E-state index contributed by atoms with van der Waals surface area (Å²) < 4.78 is 24.4. The molecule has 0 amide bonds. The largest absolute Gasteiger partial charge is 0 e. The zero-order chi connectivity index (χ0) is 25.4. The van der Waals surface area contributed by atoms with Gasteiger partial charge in [-0.1, -0.05) is 109 Å². The molecule has 1 aromatic carbocycles. The Morgan fingerprint density at radius 3 is 1.61 bits per heavy atom. The van der Waals surface area contributed by atoms with Crippen LogP contribution in [-0.2, 0) is 31.0 Å². The Kier molecular flexibility index (Phi) is 12.0. The van der Waals surface area contributed by atoms with E-state index in [0.717, 1.165) is 16.9 Å². The van der Waals surface area contributed by atoms with Crippen molar-refractivity contribution in [3.05, 3.63) is 50.3 Å². The summed E-state index contributed by atoms with van der Waals surface area (Å²) in [6.07, 6.45) is 0. The minimum atomic E-state index is 0. The molecule has 0 spiro atoms. The molecule has 4 rings (SSSR count). The van der Waals surface area contributed by atoms with Crippen molar-refractivity contribution < 1.29 is 31.0 Å². The molecular formula is C24H34MnO3P4S. The van der Waals surface area contributed by atoms with E-state index in [9.17, 15) is 0 Å². The molecule has 3 fully saturated rings. The van der Waals surface area contributed by atoms with Crippen molar-refractivity contribution in [2.45, 2.75) is 75.4 Å². The van der Waals surface area contributed by atoms with Crippen LogP contribution < -0.4 is 5.30 Å². The van der Waals surface area contributed by atoms with E-state index in [2.05, 4.69) is 124 Å². The van der Waals surface area contributed by atoms with Crippen molar-refractivity contribution in [3.63, 3.8) is 0 Å². The fraction of sp³-hybridized carbons (Fsp3) is 0.625. The Hall–Kier alpha value is 1.03. The van der Waals surface area contributed by atoms with Gasteiger partial charge in [-0.05, 0) is 37.1 Å². The van der Waals surface area contributed by atoms with Crippen LogP contribution in [-0.4, -0.2) is 13.1 Å². The molecule has 0 aromatic heterocycles. The van der Waals surface area contributed by atoms with Gasteiger partial charge in [0.2, 0.25) is 0 Å². The first-order valence-corrected chi connectivity index (χ1v) is 16.6. The van der Waals surface area contributed by atoms with Crippen LogP contribution in [0.4, 0.5) is 0 Å². The molecule has 7 atom stereocenters. The van der Waals surface area contributed by atoms with Crippen molar-refractivity contribution in [1.82, 2.24) is 0 Å². The van der Waals surface area contributed by atoms with Gasteiger partial charge >= 0.3 is 33.9 Å². The molecule has 0 saturated carbocycles. The molecule has 3 aliphatic rings. The topological polar surface area (TPSA) is 59.7 Å². The molecule has 9 heteroatoms. The van der Waals surface area contributed by atoms with Gasteiger partial charge in [0.15, 0.2) is 0 Å². The second kappa shape index (κ2) is 11.6. The summed E-state index contributed by atoms with van der Waals surface area (Å²) in [7, 11) is 2.31. The van der Waals surface area contributed by atoms with Crippen LogP contribution in [0.1, 0.15) is 62.3 Å². The average Bonchev–Trinajstić information content (AvgIpc) is 2.71. The number of rotatable bonds is 2. The van der Waals surface area contributed by atoms with Crippen LogP contribution in [0, 0.1) is 36.2 Å². The van der Waals surface area contributed by atoms with Gasteiger partial charge in [0.25, 0.3) is 0 Å². The van der Waals surface area contributed by atoms with Crippen LogP contribution in [0.25, 0.3) is 0 Å². The summed E-state index contributed by atoms with van der Waals surface area (Å²) in [5.74, 6) is 0. The van der Waals surface area contributed by atoms with E-state index in [1.807, 2.05) is 0 Å². The molecule has 0 N–H and O–H groups in total. The average molecular weight is 581 g/mol. The third-order valence-corrected chi connectivity index (χ3v) is 31.8. The van der Waals surface area contributed by atoms with Gasteiger partial charge in [-0.25, -0.2) is 0 Å². The number of hydrogen-bond donors (Lipinski definition) is 0. The Morgan fingerprint density at radius 1 is 0.788 bits per heavy atom. The zero-order valence-corrected chi connectivity index (χ0v) is 26.6. The predicted octanol–water partition coefficient (Wildman–Crippen LogP) is 8.31. The second-order valence-corrected chi connectivity index (χ2v) is 25.0. The van der Waals surface area contributed by atoms with Crippen LogP contribution >= 0.6 is 44.1 Å². The third-order valence-electron chi connectivity index (χ3n) is 6.26. The van der Waals surface area contributed by atoms with E-state index in [1.54, 1.807) is 5.30 Å². The molecule has 0 aliphatic carbocycles. The maximum Gasteiger partial charge on any atom is 0 e. The van der Waals surface area contributed by atoms with Crippen molar-refractivity contribution in [1.29, 1.82) is 0 Å². The van der Waals surface area contributed by atoms with E-state index in [-0.39, 0.29) is 32.6 Å². The van der Waals surface area contributed by atoms with Gasteiger partial charge in [-0.2, -0.15) is 0 Å². The summed E-state index contributed by atoms with van der Waals surface area (Å²) in [4.78, 5) is 0. The van der Waals surface area contributed by atoms with Crippen LogP contribution in [0.2, 0.25) is 0 Å². The summed E-state index contributed by atoms with van der Waals surface area (Å²) in [6.45, 7) is 36.4. The van der Waals surface area contributed by atoms with E-state index in [1.165, 1.54) is 0 Å². The molecule has 3 saturated heterocycles. The quantitative estimate of drug-likeness (QED) is 0.150. The molecule has 3 heterocycles. The standard InChI is InChI=1S/C21H34P4S.3CO.Mn/c1-16(2,3)19-23-20(17(4,5)6)24(19)21(26-20,18(7,8)9)25(19)22-15-13-11-10-12-14-15;3*1-2;/h10-14,22-23H,1-9H3;;;;/t19-,20-,21+,24?,25?;;;;/m1..../s1. The fourth-order valence-corrected chi connectivity index (χ4v) is 39.3. The summed E-state index contributed by atoms with van der Waals surface area (Å²) in [6, 6.07) is 11.4. The first-order chi connectivity index (χ1) is 14.7. The molecule has 3 nitrogen and oxygen atoms in total. The van der Waals surface area contributed by atoms with Crippen molar-refractivity contribution in [2.75, 3.05) is 0 Å². The Morgan fingerprint density at radius 2 is 1.24 bits per heavy atom. The fourth-order valence-electron chi connectivity index (χ4n) is 4.87. The van der Waals surface area contributed by atoms with Crippen LogP contribution in [0.5, 0.6) is 0 Å². The van der Waals surface area contributed by atoms with Crippen molar-refractivity contribution in [2.24, 2.45) is 16.2 Å². The Labute approximate surface area is 221 Å². The zero-order valence-electron chi connectivity index (χ0n) is 20.8. The summed E-state index contributed by atoms with van der Waals surface area (Å²) in [5.41, 5.74) is 1.32. The molecule has 4 unspecified atom stereocenters. The van der Waals surface area contributed by atoms with Gasteiger partial charge in [0.1, 0.15) is 0 Å². The molecule has 1 aromatic rings. The first-order valence-electron chi connectivity index (χ1n) is 10.3. The minimum absolute atomic E-state index is 0. The van der Waals surface area contributed by atoms with Crippen LogP contribution in [0.3, 0.4) is 0 Å². The van der Waals surface area contributed by atoms with Crippen molar-refractivity contribution >= 4 is 49.4 Å². The normalized spacial score (nSPS) is 34.0. The Balaban J connectivity index is 0.00000136. The van der Waals surface area contributed by atoms with Gasteiger partial charge in [0.05, 0.1) is 8.46 Å². The molecule has 33 heavy (non-hydrogen) atoms. The maximum absolute atomic E-state index is 7.50. The summed E-state index contributed by atoms with van der Waals surface area (Å²) in [5, 5.41) is 1.60. The second-order valence-electron chi connectivity index (χ2n) is 11.1. The van der Waals surface area contributed by atoms with E-state index < -0.39 is 0 Å². The van der Waals surface area contributed by atoms with Gasteiger partial charge in [0, 0.05) is 21.7 Å². The first kappa shape index (κ1) is 34.0. The monoisotopic (exact) mass is 581 g/mol. The number of benzene rings is 1. The molecular weight excluding hydrogens is 547 g/mol. The SMILES string of the molecule is CC(C)(C)[C@]12P[C@@]3(C(C)(C)C)S[C@](C(C)(C)C)(P1Pc1ccccc1)P23.[C-]#[O+].[C-]#[O+].[C-]#[O+].[Mn]. The smallest absolute Gasteiger partial charge is 0 e. The van der Waals surface area contributed by atoms with Gasteiger partial charge < -0.3 is 0 Å². The molecule has 1 radical (unpaired) electrons. The van der Waals surface area contributed by atoms with Gasteiger partial charge in [-0.15, -0.1) is 11.8 Å². The van der Waals surface area contributed by atoms with E-state index in [4.69, 9.17) is 14.0 Å².